The molecule has 2 aromatic rings. The molecule has 100 valence electrons. The first kappa shape index (κ1) is 13.7. The fraction of sp³-hybridized carbons (Fsp3) is 0.167. The first-order valence-electron chi connectivity index (χ1n) is 5.40. The standard InChI is InChI=1S/C12H11Cl2N3O2/c1-16-6-10(15)11(18)17(12(16)19)5-7-4-8(13)2-3-9(7)14/h2-4,6H,5,15H2,1H3. The molecule has 0 aliphatic heterocycles. The third-order valence-electron chi connectivity index (χ3n) is 2.69. The van der Waals surface area contributed by atoms with E-state index in [0.717, 1.165) is 4.57 Å². The van der Waals surface area contributed by atoms with Crippen LogP contribution in [-0.4, -0.2) is 9.13 Å². The topological polar surface area (TPSA) is 70.0 Å². The molecule has 0 bridgehead atoms. The lowest BCUT2D eigenvalue weighted by Crippen LogP contribution is -2.40. The van der Waals surface area contributed by atoms with E-state index in [0.29, 0.717) is 15.6 Å². The van der Waals surface area contributed by atoms with Crippen LogP contribution in [0.1, 0.15) is 5.56 Å². The largest absolute Gasteiger partial charge is 0.393 e. The number of halogens is 2. The van der Waals surface area contributed by atoms with Crippen LogP contribution in [0.15, 0.2) is 34.0 Å². The van der Waals surface area contributed by atoms with Crippen molar-refractivity contribution in [3.8, 4) is 0 Å². The van der Waals surface area contributed by atoms with Crippen molar-refractivity contribution in [2.45, 2.75) is 6.54 Å². The molecule has 1 heterocycles. The van der Waals surface area contributed by atoms with E-state index in [9.17, 15) is 9.59 Å². The Kier molecular flexibility index (Phi) is 3.68. The number of nitrogen functional groups attached to an aromatic ring is 1. The number of aromatic nitrogens is 2. The average Bonchev–Trinajstić information content (AvgIpc) is 2.36. The summed E-state index contributed by atoms with van der Waals surface area (Å²) in [5.41, 5.74) is 5.14. The summed E-state index contributed by atoms with van der Waals surface area (Å²) in [6, 6.07) is 4.85. The first-order chi connectivity index (χ1) is 8.90. The van der Waals surface area contributed by atoms with Crippen LogP contribution in [0.2, 0.25) is 10.0 Å². The zero-order valence-electron chi connectivity index (χ0n) is 10.1. The molecule has 2 rings (SSSR count). The number of hydrogen-bond acceptors (Lipinski definition) is 3. The highest BCUT2D eigenvalue weighted by atomic mass is 35.5. The molecule has 0 amide bonds. The maximum absolute atomic E-state index is 11.9. The van der Waals surface area contributed by atoms with Gasteiger partial charge in [0.05, 0.1) is 6.54 Å². The van der Waals surface area contributed by atoms with Crippen LogP contribution in [0.5, 0.6) is 0 Å². The van der Waals surface area contributed by atoms with Crippen LogP contribution in [-0.2, 0) is 13.6 Å². The van der Waals surface area contributed by atoms with Crippen LogP contribution in [0.4, 0.5) is 5.69 Å². The Balaban J connectivity index is 2.59. The zero-order valence-corrected chi connectivity index (χ0v) is 11.6. The lowest BCUT2D eigenvalue weighted by Gasteiger charge is -2.10. The molecule has 0 radical (unpaired) electrons. The van der Waals surface area contributed by atoms with Crippen LogP contribution < -0.4 is 17.0 Å². The van der Waals surface area contributed by atoms with Crippen LogP contribution >= 0.6 is 23.2 Å². The van der Waals surface area contributed by atoms with E-state index < -0.39 is 11.2 Å². The number of benzene rings is 1. The molecule has 0 saturated carbocycles. The normalized spacial score (nSPS) is 10.7. The van der Waals surface area contributed by atoms with Gasteiger partial charge in [0.1, 0.15) is 5.69 Å². The summed E-state index contributed by atoms with van der Waals surface area (Å²) in [5, 5.41) is 0.911. The van der Waals surface area contributed by atoms with Crippen molar-refractivity contribution in [2.75, 3.05) is 5.73 Å². The van der Waals surface area contributed by atoms with Crippen LogP contribution in [0.25, 0.3) is 0 Å². The third kappa shape index (κ3) is 2.67. The van der Waals surface area contributed by atoms with Crippen LogP contribution in [0, 0.1) is 0 Å². The highest BCUT2D eigenvalue weighted by Crippen LogP contribution is 2.20. The smallest absolute Gasteiger partial charge is 0.331 e. The Labute approximate surface area is 118 Å². The van der Waals surface area contributed by atoms with Gasteiger partial charge >= 0.3 is 5.69 Å². The van der Waals surface area contributed by atoms with Gasteiger partial charge in [-0.2, -0.15) is 0 Å². The number of nitrogens with two attached hydrogens (primary N) is 1. The van der Waals surface area contributed by atoms with Crippen molar-refractivity contribution in [1.82, 2.24) is 9.13 Å². The van der Waals surface area contributed by atoms with Crippen molar-refractivity contribution in [3.63, 3.8) is 0 Å². The van der Waals surface area contributed by atoms with Gasteiger partial charge in [0.25, 0.3) is 5.56 Å². The number of anilines is 1. The molecule has 5 nitrogen and oxygen atoms in total. The average molecular weight is 300 g/mol. The van der Waals surface area contributed by atoms with E-state index in [1.54, 1.807) is 18.2 Å². The number of aryl methyl sites for hydroxylation is 1. The molecule has 1 aromatic heterocycles. The van der Waals surface area contributed by atoms with Crippen molar-refractivity contribution in [1.29, 1.82) is 0 Å². The van der Waals surface area contributed by atoms with E-state index in [2.05, 4.69) is 0 Å². The monoisotopic (exact) mass is 299 g/mol. The lowest BCUT2D eigenvalue weighted by molar-refractivity contribution is 0.643. The maximum atomic E-state index is 11.9. The highest BCUT2D eigenvalue weighted by Gasteiger charge is 2.10. The molecule has 0 fully saturated rings. The third-order valence-corrected chi connectivity index (χ3v) is 3.30. The van der Waals surface area contributed by atoms with Crippen molar-refractivity contribution >= 4 is 28.9 Å². The first-order valence-corrected chi connectivity index (χ1v) is 6.15. The second-order valence-electron chi connectivity index (χ2n) is 4.10. The minimum absolute atomic E-state index is 0.000232. The lowest BCUT2D eigenvalue weighted by atomic mass is 10.2. The minimum atomic E-state index is -0.542. The molecule has 0 aliphatic rings. The van der Waals surface area contributed by atoms with E-state index in [4.69, 9.17) is 28.9 Å². The quantitative estimate of drug-likeness (QED) is 0.913. The highest BCUT2D eigenvalue weighted by molar-refractivity contribution is 6.33. The molecule has 2 N–H and O–H groups in total. The molecular formula is C12H11Cl2N3O2. The molecule has 0 spiro atoms. The van der Waals surface area contributed by atoms with Gasteiger partial charge in [-0.25, -0.2) is 4.79 Å². The number of rotatable bonds is 2. The Morgan fingerprint density at radius 3 is 2.63 bits per heavy atom. The second kappa shape index (κ2) is 5.11. The molecule has 19 heavy (non-hydrogen) atoms. The Morgan fingerprint density at radius 2 is 1.95 bits per heavy atom. The number of hydrogen-bond donors (Lipinski definition) is 1. The predicted molar refractivity (Wildman–Crippen MR) is 75.9 cm³/mol. The van der Waals surface area contributed by atoms with Gasteiger partial charge < -0.3 is 10.3 Å². The summed E-state index contributed by atoms with van der Waals surface area (Å²) in [6.07, 6.45) is 1.29. The molecule has 7 heteroatoms. The zero-order chi connectivity index (χ0) is 14.2. The van der Waals surface area contributed by atoms with Gasteiger partial charge in [-0.3, -0.25) is 9.36 Å². The molecule has 0 atom stereocenters. The van der Waals surface area contributed by atoms with Gasteiger partial charge in [-0.1, -0.05) is 23.2 Å². The van der Waals surface area contributed by atoms with Gasteiger partial charge in [0.15, 0.2) is 0 Å². The molecule has 0 saturated heterocycles. The summed E-state index contributed by atoms with van der Waals surface area (Å²) in [6.45, 7) is 0.0237. The fourth-order valence-electron chi connectivity index (χ4n) is 1.73. The Hall–Kier alpha value is -1.72. The van der Waals surface area contributed by atoms with Gasteiger partial charge in [0.2, 0.25) is 0 Å². The van der Waals surface area contributed by atoms with Gasteiger partial charge in [-0.05, 0) is 23.8 Å². The second-order valence-corrected chi connectivity index (χ2v) is 4.95. The summed E-state index contributed by atoms with van der Waals surface area (Å²) < 4.78 is 2.27. The van der Waals surface area contributed by atoms with E-state index in [1.165, 1.54) is 17.8 Å². The van der Waals surface area contributed by atoms with E-state index >= 15 is 0 Å². The SMILES string of the molecule is Cn1cc(N)c(=O)n(Cc2cc(Cl)ccc2Cl)c1=O. The molecular weight excluding hydrogens is 289 g/mol. The van der Waals surface area contributed by atoms with Crippen molar-refractivity contribution in [2.24, 2.45) is 7.05 Å². The Bertz CT molecular complexity index is 715. The molecule has 0 unspecified atom stereocenters. The summed E-state index contributed by atoms with van der Waals surface area (Å²) >= 11 is 11.9. The molecule has 1 aromatic carbocycles. The van der Waals surface area contributed by atoms with E-state index in [1.807, 2.05) is 0 Å². The van der Waals surface area contributed by atoms with Crippen LogP contribution in [0.3, 0.4) is 0 Å². The Morgan fingerprint density at radius 1 is 1.26 bits per heavy atom. The molecule has 0 aliphatic carbocycles. The van der Waals surface area contributed by atoms with Crippen molar-refractivity contribution < 1.29 is 0 Å². The summed E-state index contributed by atoms with van der Waals surface area (Å²) in [7, 11) is 1.52. The summed E-state index contributed by atoms with van der Waals surface area (Å²) in [4.78, 5) is 23.8. The predicted octanol–water partition coefficient (Wildman–Crippen LogP) is 1.48. The van der Waals surface area contributed by atoms with Gasteiger partial charge in [-0.15, -0.1) is 0 Å². The fourth-order valence-corrected chi connectivity index (χ4v) is 2.10. The summed E-state index contributed by atoms with van der Waals surface area (Å²) in [5.74, 6) is 0. The minimum Gasteiger partial charge on any atom is -0.393 e. The number of nitrogens with zero attached hydrogens (tertiary/aromatic N) is 2. The van der Waals surface area contributed by atoms with E-state index in [-0.39, 0.29) is 12.2 Å². The van der Waals surface area contributed by atoms with Crippen molar-refractivity contribution in [3.05, 3.63) is 60.8 Å². The van der Waals surface area contributed by atoms with Gasteiger partial charge in [0, 0.05) is 23.3 Å². The maximum Gasteiger partial charge on any atom is 0.331 e.